The van der Waals surface area contributed by atoms with Crippen LogP contribution in [0.25, 0.3) is 0 Å². The number of methoxy groups -OCH3 is 2. The summed E-state index contributed by atoms with van der Waals surface area (Å²) in [6, 6.07) is 0.452. The van der Waals surface area contributed by atoms with Crippen molar-refractivity contribution in [2.24, 2.45) is 4.99 Å². The molecule has 6 heteroatoms. The largest absolute Gasteiger partial charge is 0.638 e. The first-order valence-corrected chi connectivity index (χ1v) is 6.87. The van der Waals surface area contributed by atoms with Gasteiger partial charge >= 0.3 is 9.28 Å². The first kappa shape index (κ1) is 15.7. The lowest BCUT2D eigenvalue weighted by Gasteiger charge is -2.26. The highest BCUT2D eigenvalue weighted by molar-refractivity contribution is 6.40. The van der Waals surface area contributed by atoms with Crippen molar-refractivity contribution >= 4 is 15.0 Å². The molecule has 0 bridgehead atoms. The molecule has 16 heavy (non-hydrogen) atoms. The summed E-state index contributed by atoms with van der Waals surface area (Å²) in [5.74, 6) is -0.628. The number of ether oxygens (including phenoxy) is 2. The fourth-order valence-corrected chi connectivity index (χ4v) is 1.73. The maximum absolute atomic E-state index is 8.75. The van der Waals surface area contributed by atoms with E-state index in [2.05, 4.69) is 4.99 Å². The monoisotopic (exact) mass is 248 g/mol. The molecular weight excluding hydrogens is 226 g/mol. The summed E-state index contributed by atoms with van der Waals surface area (Å²) in [5.41, 5.74) is 0.941. The SMILES string of the molecule is COC(C)(CC(C)=NCCC[Si+](O)O)OC. The van der Waals surface area contributed by atoms with Crippen LogP contribution in [0.3, 0.4) is 0 Å². The lowest BCUT2D eigenvalue weighted by Crippen LogP contribution is -2.32. The molecule has 0 aromatic rings. The van der Waals surface area contributed by atoms with Crippen LogP contribution in [-0.4, -0.2) is 51.1 Å². The molecule has 0 aliphatic rings. The average molecular weight is 248 g/mol. The predicted molar refractivity (Wildman–Crippen MR) is 64.6 cm³/mol. The molecule has 94 valence electrons. The van der Waals surface area contributed by atoms with E-state index in [-0.39, 0.29) is 0 Å². The van der Waals surface area contributed by atoms with E-state index in [1.165, 1.54) is 0 Å². The third-order valence-corrected chi connectivity index (χ3v) is 3.18. The molecule has 0 atom stereocenters. The summed E-state index contributed by atoms with van der Waals surface area (Å²) in [6.45, 7) is 4.39. The third kappa shape index (κ3) is 7.08. The minimum absolute atomic E-state index is 0.452. The highest BCUT2D eigenvalue weighted by Gasteiger charge is 2.23. The molecule has 0 aromatic carbocycles. The second kappa shape index (κ2) is 7.91. The zero-order valence-electron chi connectivity index (χ0n) is 10.5. The van der Waals surface area contributed by atoms with Crippen LogP contribution in [0.4, 0.5) is 0 Å². The molecule has 0 amide bonds. The van der Waals surface area contributed by atoms with Gasteiger partial charge < -0.3 is 9.47 Å². The Morgan fingerprint density at radius 2 is 1.88 bits per heavy atom. The molecule has 0 heterocycles. The number of aliphatic imine (C=N–C) groups is 1. The van der Waals surface area contributed by atoms with Crippen LogP contribution in [0.2, 0.25) is 6.04 Å². The molecule has 0 saturated heterocycles. The van der Waals surface area contributed by atoms with E-state index in [0.29, 0.717) is 25.4 Å². The van der Waals surface area contributed by atoms with Gasteiger partial charge in [-0.05, 0) is 20.3 Å². The van der Waals surface area contributed by atoms with E-state index in [9.17, 15) is 0 Å². The van der Waals surface area contributed by atoms with Crippen molar-refractivity contribution in [3.63, 3.8) is 0 Å². The zero-order valence-corrected chi connectivity index (χ0v) is 11.5. The fourth-order valence-electron chi connectivity index (χ4n) is 1.26. The van der Waals surface area contributed by atoms with Gasteiger partial charge in [0.15, 0.2) is 5.79 Å². The van der Waals surface area contributed by atoms with Gasteiger partial charge in [0.1, 0.15) is 6.04 Å². The minimum atomic E-state index is -2.09. The van der Waals surface area contributed by atoms with Gasteiger partial charge in [0, 0.05) is 32.9 Å². The van der Waals surface area contributed by atoms with Crippen molar-refractivity contribution in [2.45, 2.75) is 38.5 Å². The predicted octanol–water partition coefficient (Wildman–Crippen LogP) is 0.709. The molecule has 0 saturated carbocycles. The molecule has 0 aliphatic carbocycles. The second-order valence-electron chi connectivity index (χ2n) is 3.86. The van der Waals surface area contributed by atoms with Crippen molar-refractivity contribution in [1.29, 1.82) is 0 Å². The number of hydrogen-bond donors (Lipinski definition) is 2. The van der Waals surface area contributed by atoms with Crippen molar-refractivity contribution in [2.75, 3.05) is 20.8 Å². The molecule has 0 radical (unpaired) electrons. The Morgan fingerprint density at radius 3 is 2.31 bits per heavy atom. The Morgan fingerprint density at radius 1 is 1.31 bits per heavy atom. The summed E-state index contributed by atoms with van der Waals surface area (Å²) in [7, 11) is 1.11. The molecule has 2 N–H and O–H groups in total. The van der Waals surface area contributed by atoms with Gasteiger partial charge in [-0.1, -0.05) is 0 Å². The third-order valence-electron chi connectivity index (χ3n) is 2.38. The molecule has 0 fully saturated rings. The van der Waals surface area contributed by atoms with Crippen molar-refractivity contribution in [1.82, 2.24) is 0 Å². The summed E-state index contributed by atoms with van der Waals surface area (Å²) < 4.78 is 10.4. The van der Waals surface area contributed by atoms with Gasteiger partial charge in [-0.15, -0.1) is 0 Å². The summed E-state index contributed by atoms with van der Waals surface area (Å²) >= 11 is 0. The van der Waals surface area contributed by atoms with Crippen LogP contribution < -0.4 is 0 Å². The maximum atomic E-state index is 8.75. The first-order valence-electron chi connectivity index (χ1n) is 5.27. The Kier molecular flexibility index (Phi) is 7.78. The summed E-state index contributed by atoms with van der Waals surface area (Å²) in [4.78, 5) is 21.8. The highest BCUT2D eigenvalue weighted by Crippen LogP contribution is 2.15. The Bertz CT molecular complexity index is 217. The van der Waals surface area contributed by atoms with Crippen LogP contribution in [-0.2, 0) is 9.47 Å². The van der Waals surface area contributed by atoms with Gasteiger partial charge in [-0.25, -0.2) is 9.59 Å². The number of rotatable bonds is 8. The molecule has 0 aromatic heterocycles. The quantitative estimate of drug-likeness (QED) is 0.287. The summed E-state index contributed by atoms with van der Waals surface area (Å²) in [5, 5.41) is 0. The van der Waals surface area contributed by atoms with Gasteiger partial charge in [0.25, 0.3) is 0 Å². The fraction of sp³-hybridized carbons (Fsp3) is 0.900. The lowest BCUT2D eigenvalue weighted by molar-refractivity contribution is -0.187. The van der Waals surface area contributed by atoms with E-state index < -0.39 is 15.1 Å². The van der Waals surface area contributed by atoms with Crippen LogP contribution in [0, 0.1) is 0 Å². The molecule has 5 nitrogen and oxygen atoms in total. The van der Waals surface area contributed by atoms with Gasteiger partial charge in [0.2, 0.25) is 0 Å². The Balaban J connectivity index is 3.95. The van der Waals surface area contributed by atoms with E-state index >= 15 is 0 Å². The normalized spacial score (nSPS) is 13.0. The van der Waals surface area contributed by atoms with Crippen molar-refractivity contribution < 1.29 is 19.1 Å². The molecule has 0 unspecified atom stereocenters. The lowest BCUT2D eigenvalue weighted by atomic mass is 10.1. The van der Waals surface area contributed by atoms with E-state index in [0.717, 1.165) is 5.71 Å². The second-order valence-corrected chi connectivity index (χ2v) is 5.19. The minimum Gasteiger partial charge on any atom is -0.353 e. The van der Waals surface area contributed by atoms with Crippen LogP contribution in [0.1, 0.15) is 26.7 Å². The van der Waals surface area contributed by atoms with Crippen LogP contribution in [0.5, 0.6) is 0 Å². The number of hydrogen-bond acceptors (Lipinski definition) is 5. The van der Waals surface area contributed by atoms with Gasteiger partial charge in [-0.2, -0.15) is 0 Å². The smallest absolute Gasteiger partial charge is 0.353 e. The standard InChI is InChI=1S/C10H22NO4Si/c1-9(8-10(2,14-3)15-4)11-6-5-7-16(12)13/h12-13H,5-8H2,1-4H3/q+1. The molecule has 0 spiro atoms. The van der Waals surface area contributed by atoms with Gasteiger partial charge in [-0.3, -0.25) is 4.99 Å². The first-order chi connectivity index (χ1) is 7.43. The van der Waals surface area contributed by atoms with E-state index in [4.69, 9.17) is 19.1 Å². The highest BCUT2D eigenvalue weighted by atomic mass is 28.3. The topological polar surface area (TPSA) is 71.3 Å². The molecular formula is C10H22NO4Si+. The average Bonchev–Trinajstić information content (AvgIpc) is 2.24. The Hall–Kier alpha value is -0.273. The van der Waals surface area contributed by atoms with E-state index in [1.54, 1.807) is 14.2 Å². The van der Waals surface area contributed by atoms with E-state index in [1.807, 2.05) is 13.8 Å². The number of nitrogens with zero attached hydrogens (tertiary/aromatic N) is 1. The Labute approximate surface area is 99.0 Å². The van der Waals surface area contributed by atoms with Crippen molar-refractivity contribution in [3.05, 3.63) is 0 Å². The molecule has 0 rings (SSSR count). The van der Waals surface area contributed by atoms with Crippen LogP contribution in [0.15, 0.2) is 4.99 Å². The molecule has 0 aliphatic heterocycles. The maximum Gasteiger partial charge on any atom is 0.638 e. The van der Waals surface area contributed by atoms with Crippen LogP contribution >= 0.6 is 0 Å². The zero-order chi connectivity index (χ0) is 12.6. The van der Waals surface area contributed by atoms with Gasteiger partial charge in [0.05, 0.1) is 0 Å². The summed E-state index contributed by atoms with van der Waals surface area (Å²) in [6.07, 6.45) is 1.31. The van der Waals surface area contributed by atoms with Crippen molar-refractivity contribution in [3.8, 4) is 0 Å².